The molecule has 6 rings (SSSR count). The van der Waals surface area contributed by atoms with Crippen LogP contribution in [0.15, 0.2) is 53.6 Å². The van der Waals surface area contributed by atoms with Crippen molar-refractivity contribution in [3.05, 3.63) is 54.2 Å². The van der Waals surface area contributed by atoms with Gasteiger partial charge in [0.15, 0.2) is 9.84 Å². The van der Waals surface area contributed by atoms with Crippen LogP contribution >= 0.6 is 0 Å². The lowest BCUT2D eigenvalue weighted by atomic mass is 10.0. The molecular formula is C33H44N8O3S. The van der Waals surface area contributed by atoms with E-state index in [1.54, 1.807) is 39.2 Å². The van der Waals surface area contributed by atoms with Crippen molar-refractivity contribution in [3.63, 3.8) is 0 Å². The van der Waals surface area contributed by atoms with Gasteiger partial charge in [-0.2, -0.15) is 9.97 Å². The quantitative estimate of drug-likeness (QED) is 0.228. The Morgan fingerprint density at radius 2 is 1.69 bits per heavy atom. The van der Waals surface area contributed by atoms with Crippen LogP contribution in [0, 0.1) is 6.92 Å². The number of piperazine rings is 1. The molecule has 11 nitrogen and oxygen atoms in total. The molecule has 3 N–H and O–H groups in total. The molecule has 2 saturated heterocycles. The maximum atomic E-state index is 13.1. The molecule has 0 radical (unpaired) electrons. The van der Waals surface area contributed by atoms with Crippen molar-refractivity contribution in [2.24, 2.45) is 0 Å². The van der Waals surface area contributed by atoms with Crippen LogP contribution in [0.2, 0.25) is 0 Å². The van der Waals surface area contributed by atoms with Gasteiger partial charge in [-0.15, -0.1) is 0 Å². The molecule has 12 heteroatoms. The number of rotatable bonds is 9. The molecule has 240 valence electrons. The van der Waals surface area contributed by atoms with Gasteiger partial charge >= 0.3 is 0 Å². The minimum atomic E-state index is -3.52. The van der Waals surface area contributed by atoms with Crippen molar-refractivity contribution >= 4 is 49.7 Å². The summed E-state index contributed by atoms with van der Waals surface area (Å²) in [5, 5.41) is 6.88. The van der Waals surface area contributed by atoms with E-state index in [4.69, 9.17) is 14.7 Å². The van der Waals surface area contributed by atoms with E-state index in [9.17, 15) is 8.42 Å². The molecule has 0 unspecified atom stereocenters. The number of nitrogens with one attached hydrogen (secondary N) is 3. The Morgan fingerprint density at radius 1 is 0.956 bits per heavy atom. The zero-order valence-electron chi connectivity index (χ0n) is 26.8. The number of aromatic amines is 1. The number of aryl methyl sites for hydroxylation is 1. The van der Waals surface area contributed by atoms with Crippen molar-refractivity contribution < 1.29 is 13.2 Å². The Hall–Kier alpha value is -3.87. The van der Waals surface area contributed by atoms with Crippen molar-refractivity contribution in [1.82, 2.24) is 24.8 Å². The number of para-hydroxylation sites is 1. The number of hydrogen-bond donors (Lipinski definition) is 3. The van der Waals surface area contributed by atoms with Crippen LogP contribution in [0.25, 0.3) is 11.0 Å². The third kappa shape index (κ3) is 6.45. The number of nitrogens with zero attached hydrogens (tertiary/aromatic N) is 5. The number of benzene rings is 2. The van der Waals surface area contributed by atoms with E-state index in [1.165, 1.54) is 0 Å². The SMILES string of the molecule is COc1cc(N2CCC(N3CCN(C)CC3)CC2)ccc1Nc1nc(Nc2ccccc2S(=O)(=O)C(C)C)c2c(C)c[nH]c2n1. The van der Waals surface area contributed by atoms with Crippen LogP contribution in [0.5, 0.6) is 5.75 Å². The maximum Gasteiger partial charge on any atom is 0.231 e. The van der Waals surface area contributed by atoms with E-state index >= 15 is 0 Å². The van der Waals surface area contributed by atoms with Gasteiger partial charge < -0.3 is 30.2 Å². The molecule has 45 heavy (non-hydrogen) atoms. The zero-order valence-corrected chi connectivity index (χ0v) is 27.6. The van der Waals surface area contributed by atoms with Gasteiger partial charge in [-0.05, 0) is 70.5 Å². The summed E-state index contributed by atoms with van der Waals surface area (Å²) in [5.41, 5.74) is 3.93. The molecule has 0 spiro atoms. The monoisotopic (exact) mass is 632 g/mol. The van der Waals surface area contributed by atoms with E-state index in [0.717, 1.165) is 74.4 Å². The number of sulfone groups is 1. The van der Waals surface area contributed by atoms with Crippen molar-refractivity contribution in [3.8, 4) is 5.75 Å². The van der Waals surface area contributed by atoms with E-state index in [0.29, 0.717) is 34.9 Å². The fourth-order valence-corrected chi connectivity index (χ4v) is 7.51. The third-order valence-corrected chi connectivity index (χ3v) is 11.3. The van der Waals surface area contributed by atoms with Gasteiger partial charge in [0.1, 0.15) is 17.2 Å². The number of likely N-dealkylation sites (N-methyl/N-ethyl adjacent to an activating group) is 1. The summed E-state index contributed by atoms with van der Waals surface area (Å²) >= 11 is 0. The number of anilines is 5. The lowest BCUT2D eigenvalue weighted by molar-refractivity contribution is 0.0982. The van der Waals surface area contributed by atoms with E-state index < -0.39 is 15.1 Å². The van der Waals surface area contributed by atoms with Crippen LogP contribution in [0.4, 0.5) is 28.8 Å². The largest absolute Gasteiger partial charge is 0.494 e. The average molecular weight is 633 g/mol. The van der Waals surface area contributed by atoms with Crippen LogP contribution in [0.3, 0.4) is 0 Å². The molecule has 0 amide bonds. The van der Waals surface area contributed by atoms with Gasteiger partial charge in [-0.25, -0.2) is 8.42 Å². The van der Waals surface area contributed by atoms with E-state index in [-0.39, 0.29) is 4.90 Å². The summed E-state index contributed by atoms with van der Waals surface area (Å²) < 4.78 is 32.1. The molecule has 0 bridgehead atoms. The predicted octanol–water partition coefficient (Wildman–Crippen LogP) is 5.16. The van der Waals surface area contributed by atoms with Crippen LogP contribution in [0.1, 0.15) is 32.3 Å². The summed E-state index contributed by atoms with van der Waals surface area (Å²) in [5.74, 6) is 1.56. The summed E-state index contributed by atoms with van der Waals surface area (Å²) in [6, 6.07) is 13.8. The second-order valence-electron chi connectivity index (χ2n) is 12.4. The average Bonchev–Trinajstić information content (AvgIpc) is 3.42. The molecule has 4 heterocycles. The van der Waals surface area contributed by atoms with E-state index in [1.807, 2.05) is 25.3 Å². The Kier molecular flexibility index (Phi) is 8.89. The fraction of sp³-hybridized carbons (Fsp3) is 0.455. The summed E-state index contributed by atoms with van der Waals surface area (Å²) in [6.45, 7) is 12.0. The minimum Gasteiger partial charge on any atom is -0.494 e. The summed E-state index contributed by atoms with van der Waals surface area (Å²) in [4.78, 5) is 20.5. The number of methoxy groups -OCH3 is 1. The summed E-state index contributed by atoms with van der Waals surface area (Å²) in [6.07, 6.45) is 4.19. The van der Waals surface area contributed by atoms with Crippen LogP contribution in [-0.4, -0.2) is 97.9 Å². The fourth-order valence-electron chi connectivity index (χ4n) is 6.31. The van der Waals surface area contributed by atoms with Gasteiger partial charge in [0.25, 0.3) is 0 Å². The Bertz CT molecular complexity index is 1760. The van der Waals surface area contributed by atoms with Gasteiger partial charge in [-0.1, -0.05) is 12.1 Å². The molecule has 0 saturated carbocycles. The van der Waals surface area contributed by atoms with Crippen molar-refractivity contribution in [1.29, 1.82) is 0 Å². The van der Waals surface area contributed by atoms with Gasteiger partial charge in [0.05, 0.1) is 34.0 Å². The second kappa shape index (κ2) is 12.9. The molecule has 2 aromatic carbocycles. The number of ether oxygens (including phenoxy) is 1. The lowest BCUT2D eigenvalue weighted by Crippen LogP contribution is -2.52. The number of hydrogen-bond acceptors (Lipinski definition) is 10. The van der Waals surface area contributed by atoms with Gasteiger partial charge in [0, 0.05) is 63.3 Å². The smallest absolute Gasteiger partial charge is 0.231 e. The predicted molar refractivity (Wildman–Crippen MR) is 181 cm³/mol. The lowest BCUT2D eigenvalue weighted by Gasteiger charge is -2.42. The third-order valence-electron chi connectivity index (χ3n) is 9.11. The van der Waals surface area contributed by atoms with Gasteiger partial charge in [0.2, 0.25) is 5.95 Å². The second-order valence-corrected chi connectivity index (χ2v) is 14.8. The molecule has 2 aliphatic heterocycles. The standard InChI is InChI=1S/C33H44N8O3S/c1-22(2)45(42,43)29-9-7-6-8-27(29)35-32-30-23(3)21-34-31(30)37-33(38-32)36-26-11-10-25(20-28(26)44-5)40-14-12-24(13-15-40)41-18-16-39(4)17-19-41/h6-11,20-22,24H,12-19H2,1-5H3,(H3,34,35,36,37,38). The van der Waals surface area contributed by atoms with Crippen molar-refractivity contribution in [2.75, 3.05) is 69.0 Å². The topological polar surface area (TPSA) is 119 Å². The highest BCUT2D eigenvalue weighted by Crippen LogP contribution is 2.36. The number of piperidine rings is 1. The van der Waals surface area contributed by atoms with Crippen molar-refractivity contribution in [2.45, 2.75) is 49.8 Å². The number of fused-ring (bicyclic) bond motifs is 1. The minimum absolute atomic E-state index is 0.235. The maximum absolute atomic E-state index is 13.1. The molecule has 0 aliphatic carbocycles. The zero-order chi connectivity index (χ0) is 31.7. The first-order chi connectivity index (χ1) is 21.6. The van der Waals surface area contributed by atoms with Crippen LogP contribution in [-0.2, 0) is 9.84 Å². The van der Waals surface area contributed by atoms with E-state index in [2.05, 4.69) is 49.5 Å². The van der Waals surface area contributed by atoms with Crippen LogP contribution < -0.4 is 20.3 Å². The molecule has 4 aromatic rings. The molecule has 0 atom stereocenters. The molecule has 2 aliphatic rings. The summed E-state index contributed by atoms with van der Waals surface area (Å²) in [7, 11) is 0.348. The molecule has 2 fully saturated rings. The first-order valence-corrected chi connectivity index (χ1v) is 17.3. The van der Waals surface area contributed by atoms with Gasteiger partial charge in [-0.3, -0.25) is 4.90 Å². The highest BCUT2D eigenvalue weighted by molar-refractivity contribution is 7.92. The molecule has 2 aromatic heterocycles. The highest BCUT2D eigenvalue weighted by Gasteiger charge is 2.27. The number of aromatic nitrogens is 3. The Balaban J connectivity index is 1.23. The Morgan fingerprint density at radius 3 is 2.40 bits per heavy atom. The first kappa shape index (κ1) is 31.1. The normalized spacial score (nSPS) is 17.2. The molecular weight excluding hydrogens is 588 g/mol. The highest BCUT2D eigenvalue weighted by atomic mass is 32.2. The first-order valence-electron chi connectivity index (χ1n) is 15.7. The number of H-pyrrole nitrogens is 1. The Labute approximate surface area is 265 Å².